The van der Waals surface area contributed by atoms with Crippen molar-refractivity contribution in [1.82, 2.24) is 34.7 Å². The first-order valence-corrected chi connectivity index (χ1v) is 12.2. The predicted octanol–water partition coefficient (Wildman–Crippen LogP) is 0.211. The molecule has 3 aromatic heterocycles. The number of amides is 1. The van der Waals surface area contributed by atoms with Crippen LogP contribution in [0.15, 0.2) is 23.1 Å². The maximum atomic E-state index is 12.5. The van der Waals surface area contributed by atoms with Crippen LogP contribution in [0.25, 0.3) is 11.2 Å². The zero-order valence-electron chi connectivity index (χ0n) is 19.8. The minimum atomic E-state index is -0.506. The summed E-state index contributed by atoms with van der Waals surface area (Å²) < 4.78 is 6.77. The number of fused-ring (bicyclic) bond motifs is 2. The first-order chi connectivity index (χ1) is 17.4. The van der Waals surface area contributed by atoms with Gasteiger partial charge in [-0.15, -0.1) is 0 Å². The molecule has 1 saturated heterocycles. The monoisotopic (exact) mass is 514 g/mol. The average Bonchev–Trinajstić information content (AvgIpc) is 3.21. The number of likely N-dealkylation sites (tertiary alicyclic amines) is 1. The molecule has 2 aliphatic rings. The molecule has 0 saturated carbocycles. The zero-order chi connectivity index (χ0) is 25.2. The van der Waals surface area contributed by atoms with Crippen molar-refractivity contribution in [1.29, 1.82) is 0 Å². The molecular formula is C23H27ClN8O4. The molecule has 0 spiro atoms. The number of carbonyl (C=O) groups is 1. The van der Waals surface area contributed by atoms with Crippen molar-refractivity contribution in [2.75, 3.05) is 38.6 Å². The number of aromatic nitrogens is 5. The summed E-state index contributed by atoms with van der Waals surface area (Å²) in [6.45, 7) is 3.09. The molecule has 5 heterocycles. The predicted molar refractivity (Wildman–Crippen MR) is 132 cm³/mol. The van der Waals surface area contributed by atoms with E-state index in [1.54, 1.807) is 16.7 Å². The van der Waals surface area contributed by atoms with Crippen LogP contribution in [0.4, 0.5) is 5.82 Å². The van der Waals surface area contributed by atoms with E-state index >= 15 is 0 Å². The number of anilines is 1. The van der Waals surface area contributed by atoms with Crippen LogP contribution in [0.2, 0.25) is 5.15 Å². The maximum Gasteiger partial charge on any atom is 0.270 e. The first-order valence-electron chi connectivity index (χ1n) is 11.8. The van der Waals surface area contributed by atoms with Gasteiger partial charge in [-0.3, -0.25) is 19.1 Å². The number of nitrogens with one attached hydrogen (secondary N) is 2. The van der Waals surface area contributed by atoms with E-state index in [0.29, 0.717) is 85.9 Å². The third kappa shape index (κ3) is 5.16. The summed E-state index contributed by atoms with van der Waals surface area (Å²) in [6.07, 6.45) is 1.69. The summed E-state index contributed by atoms with van der Waals surface area (Å²) in [5, 5.41) is 17.0. The standard InChI is InChI=1S/C23H27ClN8O4/c1-36-19-5-3-15-23(30-19)32(20(35)10-26-15)7-6-31-11-13(16(33)12-31)8-25-9-17-27-21(24)14-2-4-18(34)29-22(14)28-17/h3,5,10,13,16,25,33H,2,4,6-9,11-12H2,1H3,(H,27,28,29,34)/t13-,16+/m0/s1. The van der Waals surface area contributed by atoms with Crippen LogP contribution >= 0.6 is 11.6 Å². The lowest BCUT2D eigenvalue weighted by Gasteiger charge is -2.18. The van der Waals surface area contributed by atoms with Crippen molar-refractivity contribution in [3.05, 3.63) is 45.2 Å². The number of aliphatic hydroxyl groups is 1. The van der Waals surface area contributed by atoms with E-state index in [1.807, 2.05) is 0 Å². The van der Waals surface area contributed by atoms with Crippen LogP contribution in [0.1, 0.15) is 17.8 Å². The van der Waals surface area contributed by atoms with E-state index in [4.69, 9.17) is 16.3 Å². The molecule has 2 aliphatic heterocycles. The quantitative estimate of drug-likeness (QED) is 0.356. The number of β-amino-alcohol motifs (C(OH)–C–C–N with tert-alkyl or cyclic N) is 1. The van der Waals surface area contributed by atoms with Gasteiger partial charge in [0.1, 0.15) is 22.3 Å². The lowest BCUT2D eigenvalue weighted by molar-refractivity contribution is -0.116. The van der Waals surface area contributed by atoms with Gasteiger partial charge in [-0.2, -0.15) is 4.98 Å². The van der Waals surface area contributed by atoms with Gasteiger partial charge in [-0.25, -0.2) is 15.0 Å². The molecule has 0 bridgehead atoms. The average molecular weight is 515 g/mol. The smallest absolute Gasteiger partial charge is 0.270 e. The molecule has 5 rings (SSSR count). The van der Waals surface area contributed by atoms with Crippen LogP contribution in [-0.2, 0) is 24.3 Å². The number of hydrogen-bond donors (Lipinski definition) is 3. The molecule has 3 aromatic rings. The molecule has 36 heavy (non-hydrogen) atoms. The maximum absolute atomic E-state index is 12.5. The van der Waals surface area contributed by atoms with Crippen molar-refractivity contribution < 1.29 is 14.6 Å². The topological polar surface area (TPSA) is 147 Å². The Morgan fingerprint density at radius 2 is 2.06 bits per heavy atom. The Bertz CT molecular complexity index is 1350. The second kappa shape index (κ2) is 10.4. The first kappa shape index (κ1) is 24.5. The van der Waals surface area contributed by atoms with Gasteiger partial charge in [-0.05, 0) is 12.5 Å². The Hall–Kier alpha value is -3.19. The van der Waals surface area contributed by atoms with Gasteiger partial charge < -0.3 is 20.5 Å². The Labute approximate surface area is 211 Å². The zero-order valence-corrected chi connectivity index (χ0v) is 20.5. The van der Waals surface area contributed by atoms with Crippen molar-refractivity contribution in [3.63, 3.8) is 0 Å². The highest BCUT2D eigenvalue weighted by Crippen LogP contribution is 2.26. The molecule has 0 aromatic carbocycles. The Kier molecular flexibility index (Phi) is 7.10. The van der Waals surface area contributed by atoms with Crippen molar-refractivity contribution in [3.8, 4) is 5.88 Å². The van der Waals surface area contributed by atoms with E-state index in [1.165, 1.54) is 13.3 Å². The Balaban J connectivity index is 1.17. The molecule has 12 nitrogen and oxygen atoms in total. The van der Waals surface area contributed by atoms with Crippen LogP contribution in [-0.4, -0.2) is 79.8 Å². The summed E-state index contributed by atoms with van der Waals surface area (Å²) >= 11 is 6.28. The van der Waals surface area contributed by atoms with Gasteiger partial charge in [0, 0.05) is 56.7 Å². The second-order valence-corrected chi connectivity index (χ2v) is 9.33. The van der Waals surface area contributed by atoms with E-state index < -0.39 is 6.10 Å². The van der Waals surface area contributed by atoms with Crippen LogP contribution < -0.4 is 20.9 Å². The number of hydrogen-bond acceptors (Lipinski definition) is 10. The molecular weight excluding hydrogens is 488 g/mol. The summed E-state index contributed by atoms with van der Waals surface area (Å²) in [5.74, 6) is 1.29. The Morgan fingerprint density at radius 3 is 2.89 bits per heavy atom. The summed E-state index contributed by atoms with van der Waals surface area (Å²) in [7, 11) is 1.52. The largest absolute Gasteiger partial charge is 0.481 e. The highest BCUT2D eigenvalue weighted by molar-refractivity contribution is 6.30. The number of ether oxygens (including phenoxy) is 1. The molecule has 3 N–H and O–H groups in total. The number of aliphatic hydroxyl groups excluding tert-OH is 1. The molecule has 1 amide bonds. The number of rotatable bonds is 8. The number of nitrogens with zero attached hydrogens (tertiary/aromatic N) is 6. The number of carbonyl (C=O) groups excluding carboxylic acids is 1. The molecule has 13 heteroatoms. The molecule has 0 radical (unpaired) electrons. The third-order valence-electron chi connectivity index (χ3n) is 6.55. The van der Waals surface area contributed by atoms with Crippen LogP contribution in [0, 0.1) is 5.92 Å². The Morgan fingerprint density at radius 1 is 1.19 bits per heavy atom. The lowest BCUT2D eigenvalue weighted by atomic mass is 10.1. The van der Waals surface area contributed by atoms with Gasteiger partial charge >= 0.3 is 0 Å². The van der Waals surface area contributed by atoms with E-state index in [0.717, 1.165) is 5.56 Å². The molecule has 1 fully saturated rings. The third-order valence-corrected chi connectivity index (χ3v) is 6.86. The number of methoxy groups -OCH3 is 1. The minimum absolute atomic E-state index is 0.00178. The SMILES string of the molecule is COc1ccc2ncc(=O)n(CCN3C[C@H](CNCc4nc(Cl)c5c(n4)NC(=O)CC5)[C@H](O)C3)c2n1. The normalized spacial score (nSPS) is 19.9. The van der Waals surface area contributed by atoms with Crippen molar-refractivity contribution in [2.24, 2.45) is 5.92 Å². The molecule has 0 unspecified atom stereocenters. The lowest BCUT2D eigenvalue weighted by Crippen LogP contribution is -2.32. The van der Waals surface area contributed by atoms with Crippen molar-refractivity contribution >= 4 is 34.5 Å². The highest BCUT2D eigenvalue weighted by atomic mass is 35.5. The molecule has 0 aliphatic carbocycles. The van der Waals surface area contributed by atoms with Crippen LogP contribution in [0.3, 0.4) is 0 Å². The molecule has 2 atom stereocenters. The summed E-state index contributed by atoms with van der Waals surface area (Å²) in [4.78, 5) is 43.6. The summed E-state index contributed by atoms with van der Waals surface area (Å²) in [5.41, 5.74) is 1.61. The fourth-order valence-electron chi connectivity index (χ4n) is 4.62. The fourth-order valence-corrected chi connectivity index (χ4v) is 4.91. The van der Waals surface area contributed by atoms with E-state index in [2.05, 4.69) is 35.5 Å². The highest BCUT2D eigenvalue weighted by Gasteiger charge is 2.31. The van der Waals surface area contributed by atoms with Gasteiger partial charge in [0.15, 0.2) is 5.65 Å². The van der Waals surface area contributed by atoms with Crippen LogP contribution in [0.5, 0.6) is 5.88 Å². The van der Waals surface area contributed by atoms with Gasteiger partial charge in [-0.1, -0.05) is 11.6 Å². The number of pyridine rings is 1. The minimum Gasteiger partial charge on any atom is -0.481 e. The van der Waals surface area contributed by atoms with E-state index in [9.17, 15) is 14.7 Å². The molecule has 190 valence electrons. The van der Waals surface area contributed by atoms with Gasteiger partial charge in [0.25, 0.3) is 5.56 Å². The van der Waals surface area contributed by atoms with Crippen molar-refractivity contribution in [2.45, 2.75) is 32.0 Å². The van der Waals surface area contributed by atoms with Gasteiger partial charge in [0.05, 0.1) is 26.0 Å². The summed E-state index contributed by atoms with van der Waals surface area (Å²) in [6, 6.07) is 3.48. The number of halogens is 1. The van der Waals surface area contributed by atoms with E-state index in [-0.39, 0.29) is 17.4 Å². The van der Waals surface area contributed by atoms with Gasteiger partial charge in [0.2, 0.25) is 11.8 Å². The fraction of sp³-hybridized carbons (Fsp3) is 0.478. The second-order valence-electron chi connectivity index (χ2n) is 8.97.